The van der Waals surface area contributed by atoms with Gasteiger partial charge in [-0.15, -0.1) is 0 Å². The van der Waals surface area contributed by atoms with Crippen LogP contribution in [0.2, 0.25) is 42.0 Å². The first kappa shape index (κ1) is 19.1. The van der Waals surface area contributed by atoms with E-state index in [1.165, 1.54) is 7.28 Å². The van der Waals surface area contributed by atoms with Crippen LogP contribution >= 0.6 is 0 Å². The molecular weight excluding hydrogens is 286 g/mol. The van der Waals surface area contributed by atoms with Crippen molar-refractivity contribution < 1.29 is 0 Å². The molecule has 4 rings (SSSR count). The first-order valence-corrected chi connectivity index (χ1v) is 10.7. The molecule has 5 atom stereocenters. The maximum atomic E-state index is 2.72. The fourth-order valence-corrected chi connectivity index (χ4v) is 11.3. The fraction of sp³-hybridized carbons (Fsp3) is 1.00. The van der Waals surface area contributed by atoms with Gasteiger partial charge in [0.25, 0.3) is 0 Å². The zero-order valence-corrected chi connectivity index (χ0v) is 19.7. The van der Waals surface area contributed by atoms with Gasteiger partial charge in [0, 0.05) is 0 Å². The van der Waals surface area contributed by atoms with Crippen molar-refractivity contribution in [3.63, 3.8) is 0 Å². The van der Waals surface area contributed by atoms with Crippen LogP contribution in [0.15, 0.2) is 0 Å². The Morgan fingerprint density at radius 1 is 0.680 bits per heavy atom. The molecule has 0 radical (unpaired) electrons. The maximum Gasteiger partial charge on any atom is 0.126 e. The third-order valence-electron chi connectivity index (χ3n) is 13.8. The van der Waals surface area contributed by atoms with E-state index in [1.54, 1.807) is 0 Å². The van der Waals surface area contributed by atoms with Gasteiger partial charge in [-0.25, -0.2) is 0 Å². The monoisotopic (exact) mass is 320 g/mol. The molecule has 0 aromatic carbocycles. The molecule has 3 saturated carbocycles. The SMILES string of the molecule is BC(B)(C(C)(C)C)C1(B)C(B)(B)C2(B)C(B)(B)C(B)(B)C23C2(B)BC213. The van der Waals surface area contributed by atoms with Gasteiger partial charge in [-0.05, 0) is 5.41 Å². The van der Waals surface area contributed by atoms with E-state index >= 15 is 0 Å². The minimum Gasteiger partial charge on any atom is -0.0938 e. The lowest BCUT2D eigenvalue weighted by Gasteiger charge is -2.82. The Bertz CT molecular complexity index is 709. The Hall–Kier alpha value is 0.779. The minimum absolute atomic E-state index is 0.289. The van der Waals surface area contributed by atoms with Gasteiger partial charge < -0.3 is 0 Å². The van der Waals surface area contributed by atoms with Gasteiger partial charge in [-0.1, -0.05) is 68.2 Å². The van der Waals surface area contributed by atoms with Crippen molar-refractivity contribution in [3.8, 4) is 0 Å². The Morgan fingerprint density at radius 3 is 1.44 bits per heavy atom. The average molecular weight is 318 g/mol. The Kier molecular flexibility index (Phi) is 2.81. The second-order valence-corrected chi connectivity index (χ2v) is 14.2. The van der Waals surface area contributed by atoms with E-state index in [9.17, 15) is 0 Å². The number of hydrogen-bond acceptors (Lipinski definition) is 0. The molecule has 12 heteroatoms. The van der Waals surface area contributed by atoms with Gasteiger partial charge in [0.15, 0.2) is 0 Å². The highest BCUT2D eigenvalue weighted by molar-refractivity contribution is 6.87. The molecule has 0 aromatic heterocycles. The fourth-order valence-electron chi connectivity index (χ4n) is 11.3. The Balaban J connectivity index is 2.08. The second kappa shape index (κ2) is 3.67. The number of hydrogen-bond donors (Lipinski definition) is 0. The topological polar surface area (TPSA) is 0 Å². The van der Waals surface area contributed by atoms with Crippen LogP contribution < -0.4 is 0 Å². The van der Waals surface area contributed by atoms with Gasteiger partial charge >= 0.3 is 0 Å². The lowest BCUT2D eigenvalue weighted by atomic mass is 8.98. The van der Waals surface area contributed by atoms with E-state index in [4.69, 9.17) is 0 Å². The molecule has 1 heterocycles. The van der Waals surface area contributed by atoms with Crippen LogP contribution in [0.5, 0.6) is 0 Å². The van der Waals surface area contributed by atoms with Gasteiger partial charge in [-0.2, -0.15) is 0 Å². The van der Waals surface area contributed by atoms with Crippen molar-refractivity contribution in [2.24, 2.45) is 10.8 Å². The summed E-state index contributed by atoms with van der Waals surface area (Å²) in [4.78, 5) is 0. The molecule has 0 amide bonds. The first-order chi connectivity index (χ1) is 10.7. The summed E-state index contributed by atoms with van der Waals surface area (Å²) in [7, 11) is 30.4. The third-order valence-corrected chi connectivity index (χ3v) is 13.8. The highest BCUT2D eigenvalue weighted by atomic mass is 15.1. The molecule has 2 spiro atoms. The van der Waals surface area contributed by atoms with Crippen molar-refractivity contribution in [2.75, 3.05) is 0 Å². The van der Waals surface area contributed by atoms with Crippen molar-refractivity contribution in [1.82, 2.24) is 0 Å². The summed E-state index contributed by atoms with van der Waals surface area (Å²) < 4.78 is 0. The minimum atomic E-state index is 0.289. The summed E-state index contributed by atoms with van der Waals surface area (Å²) in [5.74, 6) is 0. The summed E-state index contributed by atoms with van der Waals surface area (Å²) in [6, 6.07) is 0. The molecule has 4 fully saturated rings. The largest absolute Gasteiger partial charge is 0.126 e. The average Bonchev–Trinajstić information content (AvgIpc) is 3.16. The molecule has 0 bridgehead atoms. The van der Waals surface area contributed by atoms with Crippen LogP contribution in [0.4, 0.5) is 0 Å². The van der Waals surface area contributed by atoms with E-state index in [-0.39, 0.29) is 5.21 Å². The molecule has 4 aliphatic rings. The quantitative estimate of drug-likeness (QED) is 0.422. The molecule has 0 N–H and O–H groups in total. The maximum absolute atomic E-state index is 2.72. The van der Waals surface area contributed by atoms with Crippen LogP contribution in [0.25, 0.3) is 0 Å². The predicted molar refractivity (Wildman–Crippen MR) is 145 cm³/mol. The summed E-state index contributed by atoms with van der Waals surface area (Å²) in [6.45, 7) is 7.45. The van der Waals surface area contributed by atoms with Gasteiger partial charge in [0.2, 0.25) is 0 Å². The van der Waals surface area contributed by atoms with Crippen molar-refractivity contribution in [3.05, 3.63) is 0 Å². The van der Waals surface area contributed by atoms with Crippen molar-refractivity contribution in [1.29, 1.82) is 0 Å². The molecule has 25 heavy (non-hydrogen) atoms. The Labute approximate surface area is 167 Å². The van der Waals surface area contributed by atoms with Crippen molar-refractivity contribution >= 4 is 93.6 Å². The summed E-state index contributed by atoms with van der Waals surface area (Å²) in [5.41, 5.74) is 0.833. The van der Waals surface area contributed by atoms with Gasteiger partial charge in [0.1, 0.15) is 30.8 Å². The van der Waals surface area contributed by atoms with E-state index in [0.717, 1.165) is 0 Å². The lowest BCUT2D eigenvalue weighted by Crippen LogP contribution is -2.69. The molecule has 5 unspecified atom stereocenters. The molecule has 1 saturated heterocycles. The molecular formula is C13H32B12. The van der Waals surface area contributed by atoms with Crippen LogP contribution in [-0.2, 0) is 0 Å². The van der Waals surface area contributed by atoms with Gasteiger partial charge in [0.05, 0.1) is 62.8 Å². The van der Waals surface area contributed by atoms with E-state index in [0.29, 0.717) is 47.6 Å². The van der Waals surface area contributed by atoms with Gasteiger partial charge in [-0.3, -0.25) is 0 Å². The second-order valence-electron chi connectivity index (χ2n) is 14.2. The normalized spacial score (nSPS) is 55.6. The van der Waals surface area contributed by atoms with E-state index in [2.05, 4.69) is 107 Å². The van der Waals surface area contributed by atoms with Crippen LogP contribution in [0, 0.1) is 10.8 Å². The van der Waals surface area contributed by atoms with E-state index < -0.39 is 0 Å². The zero-order valence-electron chi connectivity index (χ0n) is 19.7. The summed E-state index contributed by atoms with van der Waals surface area (Å²) in [6.07, 6.45) is 0. The highest BCUT2D eigenvalue weighted by Gasteiger charge is 3.15. The van der Waals surface area contributed by atoms with E-state index in [1.807, 2.05) is 0 Å². The summed E-state index contributed by atoms with van der Waals surface area (Å²) in [5, 5.41) is 3.27. The van der Waals surface area contributed by atoms with Crippen LogP contribution in [-0.4, -0.2) is 93.6 Å². The molecule has 3 aliphatic carbocycles. The highest BCUT2D eigenvalue weighted by Crippen LogP contribution is 3.30. The van der Waals surface area contributed by atoms with Crippen LogP contribution in [0.1, 0.15) is 20.8 Å². The molecule has 120 valence electrons. The predicted octanol–water partition coefficient (Wildman–Crippen LogP) is -7.47. The molecule has 1 aliphatic heterocycles. The Morgan fingerprint density at radius 2 is 1.12 bits per heavy atom. The number of rotatable bonds is 1. The third kappa shape index (κ3) is 1.05. The molecule has 0 nitrogen and oxygen atoms in total. The smallest absolute Gasteiger partial charge is 0.0938 e. The van der Waals surface area contributed by atoms with Crippen LogP contribution in [0.3, 0.4) is 0 Å². The zero-order chi connectivity index (χ0) is 19.7. The van der Waals surface area contributed by atoms with Crippen molar-refractivity contribution in [2.45, 2.75) is 62.8 Å². The lowest BCUT2D eigenvalue weighted by molar-refractivity contribution is 0.107. The standard InChI is InChI=1S/C13H32B12/c1-4(2,3)9(16,17)7(15)8-5(13(8,24)25-8)6(14,11(7,20)21)12(22,23)10(5,18)19/h25H,14-24H2,1-3H3. The summed E-state index contributed by atoms with van der Waals surface area (Å²) >= 11 is 0. The molecule has 0 aromatic rings. The first-order valence-electron chi connectivity index (χ1n) is 10.7.